The Hall–Kier alpha value is -2.61. The summed E-state index contributed by atoms with van der Waals surface area (Å²) in [5.74, 6) is 2.25. The molecule has 0 spiro atoms. The van der Waals surface area contributed by atoms with E-state index in [2.05, 4.69) is 21.4 Å². The van der Waals surface area contributed by atoms with E-state index in [4.69, 9.17) is 10.00 Å². The lowest BCUT2D eigenvalue weighted by atomic mass is 10.1. The summed E-state index contributed by atoms with van der Waals surface area (Å²) in [6, 6.07) is 9.88. The number of fused-ring (bicyclic) bond motifs is 1. The number of hydrogen-bond acceptors (Lipinski definition) is 5. The largest absolute Gasteiger partial charge is 0.493 e. The summed E-state index contributed by atoms with van der Waals surface area (Å²) in [5.41, 5.74) is 2.80. The van der Waals surface area contributed by atoms with Gasteiger partial charge in [-0.05, 0) is 24.1 Å². The number of rotatable bonds is 3. The first-order valence-corrected chi connectivity index (χ1v) is 6.49. The molecular formula is C15H14N4O. The van der Waals surface area contributed by atoms with Crippen molar-refractivity contribution in [3.63, 3.8) is 0 Å². The maximum Gasteiger partial charge on any atom is 0.146 e. The van der Waals surface area contributed by atoms with Gasteiger partial charge in [0.1, 0.15) is 29.2 Å². The van der Waals surface area contributed by atoms with Crippen molar-refractivity contribution in [3.8, 4) is 11.8 Å². The van der Waals surface area contributed by atoms with Gasteiger partial charge in [0.05, 0.1) is 6.61 Å². The highest BCUT2D eigenvalue weighted by Gasteiger charge is 2.11. The van der Waals surface area contributed by atoms with Crippen LogP contribution in [0, 0.1) is 18.3 Å². The SMILES string of the molecule is Cc1nc(C#N)cc(NCc2ccc3c(c2)CCO3)n1. The molecule has 0 radical (unpaired) electrons. The van der Waals surface area contributed by atoms with Crippen molar-refractivity contribution in [2.75, 3.05) is 11.9 Å². The van der Waals surface area contributed by atoms with E-state index in [1.807, 2.05) is 18.2 Å². The maximum absolute atomic E-state index is 8.90. The van der Waals surface area contributed by atoms with E-state index in [9.17, 15) is 0 Å². The molecule has 1 N–H and O–H groups in total. The van der Waals surface area contributed by atoms with Gasteiger partial charge < -0.3 is 10.1 Å². The average Bonchev–Trinajstić information content (AvgIpc) is 2.92. The quantitative estimate of drug-likeness (QED) is 0.922. The Morgan fingerprint density at radius 1 is 1.35 bits per heavy atom. The van der Waals surface area contributed by atoms with E-state index < -0.39 is 0 Å². The number of hydrogen-bond donors (Lipinski definition) is 1. The van der Waals surface area contributed by atoms with E-state index >= 15 is 0 Å². The number of benzene rings is 1. The molecule has 0 saturated heterocycles. The lowest BCUT2D eigenvalue weighted by Crippen LogP contribution is -2.04. The van der Waals surface area contributed by atoms with Crippen LogP contribution in [0.5, 0.6) is 5.75 Å². The molecule has 1 aliphatic heterocycles. The maximum atomic E-state index is 8.90. The van der Waals surface area contributed by atoms with Crippen molar-refractivity contribution in [2.45, 2.75) is 19.9 Å². The van der Waals surface area contributed by atoms with Crippen LogP contribution in [0.15, 0.2) is 24.3 Å². The van der Waals surface area contributed by atoms with E-state index in [0.717, 1.165) is 18.8 Å². The minimum atomic E-state index is 0.377. The number of aryl methyl sites for hydroxylation is 1. The van der Waals surface area contributed by atoms with Crippen molar-refractivity contribution < 1.29 is 4.74 Å². The van der Waals surface area contributed by atoms with Gasteiger partial charge in [-0.15, -0.1) is 0 Å². The van der Waals surface area contributed by atoms with Crippen LogP contribution in [-0.2, 0) is 13.0 Å². The first-order valence-electron chi connectivity index (χ1n) is 6.49. The fourth-order valence-corrected chi connectivity index (χ4v) is 2.26. The zero-order valence-electron chi connectivity index (χ0n) is 11.2. The second-order valence-electron chi connectivity index (χ2n) is 4.69. The number of anilines is 1. The smallest absolute Gasteiger partial charge is 0.146 e. The average molecular weight is 266 g/mol. The van der Waals surface area contributed by atoms with Gasteiger partial charge in [-0.25, -0.2) is 9.97 Å². The van der Waals surface area contributed by atoms with Gasteiger partial charge in [0.25, 0.3) is 0 Å². The third kappa shape index (κ3) is 2.54. The Labute approximate surface area is 117 Å². The molecule has 5 heteroatoms. The van der Waals surface area contributed by atoms with Gasteiger partial charge >= 0.3 is 0 Å². The van der Waals surface area contributed by atoms with Crippen LogP contribution in [0.4, 0.5) is 5.82 Å². The Balaban J connectivity index is 1.73. The summed E-state index contributed by atoms with van der Waals surface area (Å²) >= 11 is 0. The first-order chi connectivity index (χ1) is 9.74. The summed E-state index contributed by atoms with van der Waals surface area (Å²) in [6.07, 6.45) is 0.967. The van der Waals surface area contributed by atoms with Gasteiger partial charge in [0.15, 0.2) is 0 Å². The molecule has 0 amide bonds. The summed E-state index contributed by atoms with van der Waals surface area (Å²) in [6.45, 7) is 3.20. The molecule has 5 nitrogen and oxygen atoms in total. The second kappa shape index (κ2) is 5.17. The van der Waals surface area contributed by atoms with Gasteiger partial charge in [0.2, 0.25) is 0 Å². The molecule has 100 valence electrons. The Morgan fingerprint density at radius 3 is 3.10 bits per heavy atom. The van der Waals surface area contributed by atoms with Crippen LogP contribution in [-0.4, -0.2) is 16.6 Å². The van der Waals surface area contributed by atoms with Crippen molar-refractivity contribution >= 4 is 5.82 Å². The Bertz CT molecular complexity index is 691. The molecule has 0 atom stereocenters. The molecule has 3 rings (SSSR count). The molecule has 0 bridgehead atoms. The third-order valence-electron chi connectivity index (χ3n) is 3.18. The molecule has 1 aliphatic rings. The van der Waals surface area contributed by atoms with Crippen molar-refractivity contribution in [2.24, 2.45) is 0 Å². The molecule has 0 aliphatic carbocycles. The molecule has 1 aromatic carbocycles. The van der Waals surface area contributed by atoms with Crippen molar-refractivity contribution in [3.05, 3.63) is 46.9 Å². The lowest BCUT2D eigenvalue weighted by Gasteiger charge is -2.08. The summed E-state index contributed by atoms with van der Waals surface area (Å²) in [4.78, 5) is 8.30. The standard InChI is InChI=1S/C15H14N4O/c1-10-18-13(8-16)7-15(19-10)17-9-11-2-3-14-12(6-11)4-5-20-14/h2-3,6-7H,4-5,9H2,1H3,(H,17,18,19). The predicted molar refractivity (Wildman–Crippen MR) is 74.5 cm³/mol. The Morgan fingerprint density at radius 2 is 2.25 bits per heavy atom. The van der Waals surface area contributed by atoms with Crippen LogP contribution in [0.2, 0.25) is 0 Å². The summed E-state index contributed by atoms with van der Waals surface area (Å²) < 4.78 is 5.49. The second-order valence-corrected chi connectivity index (χ2v) is 4.69. The van der Waals surface area contributed by atoms with Crippen LogP contribution < -0.4 is 10.1 Å². The first kappa shape index (κ1) is 12.4. The normalized spacial score (nSPS) is 12.4. The fraction of sp³-hybridized carbons (Fsp3) is 0.267. The van der Waals surface area contributed by atoms with Crippen LogP contribution in [0.1, 0.15) is 22.6 Å². The summed E-state index contributed by atoms with van der Waals surface area (Å²) in [7, 11) is 0. The minimum absolute atomic E-state index is 0.377. The highest BCUT2D eigenvalue weighted by atomic mass is 16.5. The van der Waals surface area contributed by atoms with E-state index in [1.165, 1.54) is 11.1 Å². The predicted octanol–water partition coefficient (Wildman–Crippen LogP) is 2.20. The summed E-state index contributed by atoms with van der Waals surface area (Å²) in [5, 5.41) is 12.1. The minimum Gasteiger partial charge on any atom is -0.493 e. The zero-order chi connectivity index (χ0) is 13.9. The van der Waals surface area contributed by atoms with Crippen molar-refractivity contribution in [1.82, 2.24) is 9.97 Å². The van der Waals surface area contributed by atoms with Crippen molar-refractivity contribution in [1.29, 1.82) is 5.26 Å². The molecule has 2 heterocycles. The molecule has 1 aromatic heterocycles. The molecule has 0 saturated carbocycles. The fourth-order valence-electron chi connectivity index (χ4n) is 2.26. The van der Waals surface area contributed by atoms with Crippen LogP contribution in [0.25, 0.3) is 0 Å². The third-order valence-corrected chi connectivity index (χ3v) is 3.18. The topological polar surface area (TPSA) is 70.8 Å². The monoisotopic (exact) mass is 266 g/mol. The highest BCUT2D eigenvalue weighted by molar-refractivity contribution is 5.43. The number of nitrogens with zero attached hydrogens (tertiary/aromatic N) is 3. The van der Waals surface area contributed by atoms with E-state index in [0.29, 0.717) is 23.9 Å². The van der Waals surface area contributed by atoms with Crippen LogP contribution >= 0.6 is 0 Å². The molecule has 2 aromatic rings. The van der Waals surface area contributed by atoms with Gasteiger partial charge in [-0.2, -0.15) is 5.26 Å². The molecular weight excluding hydrogens is 252 g/mol. The van der Waals surface area contributed by atoms with Crippen LogP contribution in [0.3, 0.4) is 0 Å². The molecule has 20 heavy (non-hydrogen) atoms. The van der Waals surface area contributed by atoms with Gasteiger partial charge in [-0.1, -0.05) is 12.1 Å². The number of nitriles is 1. The highest BCUT2D eigenvalue weighted by Crippen LogP contribution is 2.26. The zero-order valence-corrected chi connectivity index (χ0v) is 11.2. The molecule has 0 unspecified atom stereocenters. The van der Waals surface area contributed by atoms with Gasteiger partial charge in [-0.3, -0.25) is 0 Å². The number of aromatic nitrogens is 2. The van der Waals surface area contributed by atoms with E-state index in [-0.39, 0.29) is 0 Å². The molecule has 0 fully saturated rings. The van der Waals surface area contributed by atoms with E-state index in [1.54, 1.807) is 13.0 Å². The van der Waals surface area contributed by atoms with Gasteiger partial charge in [0, 0.05) is 19.0 Å². The number of ether oxygens (including phenoxy) is 1. The lowest BCUT2D eigenvalue weighted by molar-refractivity contribution is 0.357. The number of nitrogens with one attached hydrogen (secondary N) is 1. The Kier molecular flexibility index (Phi) is 3.21.